The van der Waals surface area contributed by atoms with Gasteiger partial charge >= 0.3 is 11.9 Å². The van der Waals surface area contributed by atoms with Crippen LogP contribution in [0.2, 0.25) is 10.0 Å². The molecule has 8 heteroatoms. The first-order valence-corrected chi connectivity index (χ1v) is 7.29. The van der Waals surface area contributed by atoms with Crippen molar-refractivity contribution in [1.82, 2.24) is 4.57 Å². The van der Waals surface area contributed by atoms with Gasteiger partial charge in [-0.05, 0) is 25.1 Å². The Bertz CT molecular complexity index is 722. The maximum absolute atomic E-state index is 9.55. The molecule has 0 aliphatic heterocycles. The standard InChI is InChI=1S/C11H12Cl2N2.C4H4O4/c1-7(14)6-15-3-2-8-4-9(12)10(13)5-11(8)15;5-3(6)1-2-4(7)8/h2-5,7H,6,14H2,1H3;1-2H,(H,5,6)(H,7,8)/b;2-1+. The summed E-state index contributed by atoms with van der Waals surface area (Å²) in [5.74, 6) is -2.51. The highest BCUT2D eigenvalue weighted by Gasteiger charge is 2.06. The van der Waals surface area contributed by atoms with E-state index < -0.39 is 11.9 Å². The Balaban J connectivity index is 0.000000284. The minimum atomic E-state index is -1.26. The molecule has 0 aliphatic rings. The van der Waals surface area contributed by atoms with E-state index in [1.54, 1.807) is 0 Å². The Morgan fingerprint density at radius 2 is 1.74 bits per heavy atom. The van der Waals surface area contributed by atoms with E-state index in [-0.39, 0.29) is 6.04 Å². The smallest absolute Gasteiger partial charge is 0.328 e. The molecule has 0 aliphatic carbocycles. The van der Waals surface area contributed by atoms with Crippen LogP contribution in [0.4, 0.5) is 0 Å². The number of carboxylic acids is 2. The molecule has 1 atom stereocenters. The number of carbonyl (C=O) groups is 2. The minimum Gasteiger partial charge on any atom is -0.478 e. The van der Waals surface area contributed by atoms with Gasteiger partial charge in [0.05, 0.1) is 10.0 Å². The predicted molar refractivity (Wildman–Crippen MR) is 90.0 cm³/mol. The van der Waals surface area contributed by atoms with Crippen LogP contribution in [0.25, 0.3) is 10.9 Å². The summed E-state index contributed by atoms with van der Waals surface area (Å²) in [5.41, 5.74) is 6.83. The van der Waals surface area contributed by atoms with Gasteiger partial charge in [0.2, 0.25) is 0 Å². The van der Waals surface area contributed by atoms with Crippen molar-refractivity contribution in [1.29, 1.82) is 0 Å². The number of halogens is 2. The minimum absolute atomic E-state index is 0.120. The van der Waals surface area contributed by atoms with Gasteiger partial charge in [-0.2, -0.15) is 0 Å². The lowest BCUT2D eigenvalue weighted by molar-refractivity contribution is -0.134. The highest BCUT2D eigenvalue weighted by atomic mass is 35.5. The lowest BCUT2D eigenvalue weighted by Crippen LogP contribution is -2.21. The number of aliphatic carboxylic acids is 2. The van der Waals surface area contributed by atoms with Crippen LogP contribution >= 0.6 is 23.2 Å². The first kappa shape index (κ1) is 19.0. The first-order chi connectivity index (χ1) is 10.7. The van der Waals surface area contributed by atoms with Crippen molar-refractivity contribution in [3.8, 4) is 0 Å². The SMILES string of the molecule is CC(N)Cn1ccc2cc(Cl)c(Cl)cc21.O=C(O)/C=C/C(=O)O. The van der Waals surface area contributed by atoms with Crippen LogP contribution in [-0.4, -0.2) is 32.8 Å². The fourth-order valence-electron chi connectivity index (χ4n) is 1.80. The highest BCUT2D eigenvalue weighted by molar-refractivity contribution is 6.42. The van der Waals surface area contributed by atoms with Crippen molar-refractivity contribution in [3.05, 3.63) is 46.6 Å². The van der Waals surface area contributed by atoms with E-state index in [0.717, 1.165) is 17.4 Å². The molecule has 1 unspecified atom stereocenters. The number of fused-ring (bicyclic) bond motifs is 1. The third-order valence-electron chi connectivity index (χ3n) is 2.67. The van der Waals surface area contributed by atoms with Crippen molar-refractivity contribution >= 4 is 46.0 Å². The molecule has 0 amide bonds. The van der Waals surface area contributed by atoms with Crippen molar-refractivity contribution in [2.24, 2.45) is 5.73 Å². The number of nitrogens with zero attached hydrogens (tertiary/aromatic N) is 1. The van der Waals surface area contributed by atoms with Gasteiger partial charge in [-0.3, -0.25) is 0 Å². The summed E-state index contributed by atoms with van der Waals surface area (Å²) in [6.45, 7) is 2.75. The molecule has 4 N–H and O–H groups in total. The number of benzene rings is 1. The molecule has 6 nitrogen and oxygen atoms in total. The summed E-state index contributed by atoms with van der Waals surface area (Å²) in [6, 6.07) is 5.88. The van der Waals surface area contributed by atoms with Gasteiger partial charge in [0.1, 0.15) is 0 Å². The quantitative estimate of drug-likeness (QED) is 0.728. The van der Waals surface area contributed by atoms with Crippen LogP contribution in [-0.2, 0) is 16.1 Å². The molecule has 2 aromatic rings. The molecule has 0 spiro atoms. The zero-order valence-electron chi connectivity index (χ0n) is 12.2. The summed E-state index contributed by atoms with van der Waals surface area (Å²) in [6.07, 6.45) is 3.12. The van der Waals surface area contributed by atoms with E-state index in [4.69, 9.17) is 39.1 Å². The molecular weight excluding hydrogens is 343 g/mol. The van der Waals surface area contributed by atoms with Gasteiger partial charge < -0.3 is 20.5 Å². The van der Waals surface area contributed by atoms with Crippen molar-refractivity contribution in [2.75, 3.05) is 0 Å². The average Bonchev–Trinajstić information content (AvgIpc) is 2.79. The van der Waals surface area contributed by atoms with Crippen LogP contribution in [0, 0.1) is 0 Å². The molecular formula is C15H16Cl2N2O4. The average molecular weight is 359 g/mol. The van der Waals surface area contributed by atoms with Crippen molar-refractivity contribution in [2.45, 2.75) is 19.5 Å². The number of aromatic nitrogens is 1. The highest BCUT2D eigenvalue weighted by Crippen LogP contribution is 2.28. The fraction of sp³-hybridized carbons (Fsp3) is 0.200. The summed E-state index contributed by atoms with van der Waals surface area (Å²) >= 11 is 11.9. The zero-order chi connectivity index (χ0) is 17.6. The maximum atomic E-state index is 9.55. The van der Waals surface area contributed by atoms with Crippen LogP contribution in [0.15, 0.2) is 36.5 Å². The van der Waals surface area contributed by atoms with Gasteiger partial charge in [-0.1, -0.05) is 23.2 Å². The van der Waals surface area contributed by atoms with Crippen LogP contribution in [0.1, 0.15) is 6.92 Å². The Morgan fingerprint density at radius 3 is 2.22 bits per heavy atom. The fourth-order valence-corrected chi connectivity index (χ4v) is 2.13. The van der Waals surface area contributed by atoms with Crippen molar-refractivity contribution < 1.29 is 19.8 Å². The largest absolute Gasteiger partial charge is 0.478 e. The number of hydrogen-bond acceptors (Lipinski definition) is 3. The summed E-state index contributed by atoms with van der Waals surface area (Å²) in [5, 5.41) is 17.9. The number of rotatable bonds is 4. The molecule has 1 aromatic carbocycles. The molecule has 0 bridgehead atoms. The number of hydrogen-bond donors (Lipinski definition) is 3. The third-order valence-corrected chi connectivity index (χ3v) is 3.39. The number of nitrogens with two attached hydrogens (primary N) is 1. The van der Waals surface area contributed by atoms with E-state index in [9.17, 15) is 9.59 Å². The monoisotopic (exact) mass is 358 g/mol. The van der Waals surface area contributed by atoms with Crippen LogP contribution in [0.3, 0.4) is 0 Å². The van der Waals surface area contributed by atoms with Gasteiger partial charge in [0, 0.05) is 41.8 Å². The third kappa shape index (κ3) is 6.32. The summed E-state index contributed by atoms with van der Waals surface area (Å²) < 4.78 is 2.09. The molecule has 0 fully saturated rings. The van der Waals surface area contributed by atoms with E-state index in [1.807, 2.05) is 31.3 Å². The van der Waals surface area contributed by atoms with Crippen molar-refractivity contribution in [3.63, 3.8) is 0 Å². The van der Waals surface area contributed by atoms with Gasteiger partial charge in [0.25, 0.3) is 0 Å². The Kier molecular flexibility index (Phi) is 7.09. The molecule has 1 heterocycles. The maximum Gasteiger partial charge on any atom is 0.328 e. The number of carboxylic acid groups (broad SMARTS) is 2. The van der Waals surface area contributed by atoms with Crippen LogP contribution < -0.4 is 5.73 Å². The lowest BCUT2D eigenvalue weighted by atomic mass is 10.2. The summed E-state index contributed by atoms with van der Waals surface area (Å²) in [7, 11) is 0. The van der Waals surface area contributed by atoms with Gasteiger partial charge in [-0.15, -0.1) is 0 Å². The van der Waals surface area contributed by atoms with E-state index in [0.29, 0.717) is 22.2 Å². The topological polar surface area (TPSA) is 106 Å². The molecule has 0 radical (unpaired) electrons. The molecule has 23 heavy (non-hydrogen) atoms. The lowest BCUT2D eigenvalue weighted by Gasteiger charge is -2.08. The molecule has 124 valence electrons. The zero-order valence-corrected chi connectivity index (χ0v) is 13.8. The van der Waals surface area contributed by atoms with E-state index in [2.05, 4.69) is 4.57 Å². The first-order valence-electron chi connectivity index (χ1n) is 6.54. The Hall–Kier alpha value is -2.02. The molecule has 0 saturated heterocycles. The van der Waals surface area contributed by atoms with E-state index >= 15 is 0 Å². The normalized spacial score (nSPS) is 12.0. The molecule has 1 aromatic heterocycles. The van der Waals surface area contributed by atoms with Crippen LogP contribution in [0.5, 0.6) is 0 Å². The second-order valence-electron chi connectivity index (χ2n) is 4.78. The Labute approximate surface area is 142 Å². The second kappa shape index (κ2) is 8.57. The summed E-state index contributed by atoms with van der Waals surface area (Å²) in [4.78, 5) is 19.1. The molecule has 2 rings (SSSR count). The van der Waals surface area contributed by atoms with Gasteiger partial charge in [-0.25, -0.2) is 9.59 Å². The second-order valence-corrected chi connectivity index (χ2v) is 5.59. The molecule has 0 saturated carbocycles. The van der Waals surface area contributed by atoms with Gasteiger partial charge in [0.15, 0.2) is 0 Å². The Morgan fingerprint density at radius 1 is 1.22 bits per heavy atom. The van der Waals surface area contributed by atoms with E-state index in [1.165, 1.54) is 0 Å². The predicted octanol–water partition coefficient (Wildman–Crippen LogP) is 3.01.